The van der Waals surface area contributed by atoms with Gasteiger partial charge in [-0.1, -0.05) is 32.6 Å². The molecule has 0 fully saturated rings. The second-order valence-electron chi connectivity index (χ2n) is 8.39. The molecule has 4 N–H and O–H groups in total. The number of hydrazine groups is 1. The Balaban J connectivity index is 2.58. The van der Waals surface area contributed by atoms with Gasteiger partial charge < -0.3 is 15.0 Å². The first-order valence-corrected chi connectivity index (χ1v) is 11.7. The number of likely N-dealkylation sites (N-methyl/N-ethyl adjacent to an activating group) is 1. The Hall–Kier alpha value is -3.55. The lowest BCUT2D eigenvalue weighted by Crippen LogP contribution is -2.53. The summed E-state index contributed by atoms with van der Waals surface area (Å²) in [6, 6.07) is -1.13. The summed E-state index contributed by atoms with van der Waals surface area (Å²) in [6.07, 6.45) is 4.44. The van der Waals surface area contributed by atoms with E-state index in [2.05, 4.69) is 12.2 Å². The number of nitrogens with two attached hydrogens (primary N) is 1. The number of ketones is 1. The van der Waals surface area contributed by atoms with Crippen molar-refractivity contribution in [1.29, 1.82) is 0 Å². The number of carbonyl (C=O) groups excluding carboxylic acids is 4. The van der Waals surface area contributed by atoms with Crippen molar-refractivity contribution in [1.82, 2.24) is 24.8 Å². The maximum atomic E-state index is 13.3. The number of nitrogens with one attached hydrogen (secondary N) is 2. The molecule has 0 radical (unpaired) electrons. The highest BCUT2D eigenvalue weighted by atomic mass is 19.1. The van der Waals surface area contributed by atoms with Gasteiger partial charge in [0, 0.05) is 26.4 Å². The van der Waals surface area contributed by atoms with Gasteiger partial charge in [0.1, 0.15) is 11.8 Å². The van der Waals surface area contributed by atoms with Gasteiger partial charge in [0.2, 0.25) is 11.7 Å². The molecule has 0 spiro atoms. The number of carbonyl (C=O) groups is 4. The smallest absolute Gasteiger partial charge is 0.411 e. The highest BCUT2D eigenvalue weighted by molar-refractivity contribution is 5.91. The van der Waals surface area contributed by atoms with E-state index in [-0.39, 0.29) is 37.6 Å². The molecular formula is C22H35FN6O7. The maximum absolute atomic E-state index is 13.3. The summed E-state index contributed by atoms with van der Waals surface area (Å²) in [6.45, 7) is 2.48. The van der Waals surface area contributed by atoms with Crippen molar-refractivity contribution in [2.75, 3.05) is 20.1 Å². The zero-order valence-electron chi connectivity index (χ0n) is 20.9. The summed E-state index contributed by atoms with van der Waals surface area (Å²) >= 11 is 0. The van der Waals surface area contributed by atoms with E-state index in [9.17, 15) is 33.2 Å². The van der Waals surface area contributed by atoms with Gasteiger partial charge in [-0.3, -0.25) is 33.7 Å². The molecule has 0 aromatic carbocycles. The van der Waals surface area contributed by atoms with Crippen LogP contribution in [0, 0.1) is 5.82 Å². The van der Waals surface area contributed by atoms with Crippen LogP contribution in [-0.2, 0) is 25.9 Å². The molecule has 0 aliphatic heterocycles. The summed E-state index contributed by atoms with van der Waals surface area (Å²) < 4.78 is 18.8. The summed E-state index contributed by atoms with van der Waals surface area (Å²) in [4.78, 5) is 74.1. The van der Waals surface area contributed by atoms with Crippen LogP contribution in [0.25, 0.3) is 0 Å². The van der Waals surface area contributed by atoms with Crippen LogP contribution in [0.1, 0.15) is 58.8 Å². The number of aromatic nitrogens is 2. The third-order valence-corrected chi connectivity index (χ3v) is 5.20. The van der Waals surface area contributed by atoms with Crippen LogP contribution in [0.4, 0.5) is 9.18 Å². The molecule has 0 bridgehead atoms. The van der Waals surface area contributed by atoms with Gasteiger partial charge >= 0.3 is 11.8 Å². The zero-order valence-corrected chi connectivity index (χ0v) is 20.9. The van der Waals surface area contributed by atoms with E-state index in [1.807, 2.05) is 0 Å². The molecule has 0 unspecified atom stereocenters. The Kier molecular flexibility index (Phi) is 13.1. The largest absolute Gasteiger partial charge is 0.427 e. The maximum Gasteiger partial charge on any atom is 0.411 e. The molecule has 0 saturated carbocycles. The number of unbranched alkanes of at least 4 members (excludes halogenated alkanes) is 4. The number of rotatable bonds is 15. The third kappa shape index (κ3) is 10.8. The van der Waals surface area contributed by atoms with Crippen molar-refractivity contribution >= 4 is 23.7 Å². The highest BCUT2D eigenvalue weighted by Gasteiger charge is 2.26. The second-order valence-corrected chi connectivity index (χ2v) is 8.39. The minimum atomic E-state index is -1.22. The number of Topliss-reactive ketones (excluding diaryl/α,β-unsaturated/α-hetero) is 1. The molecule has 1 rings (SSSR count). The van der Waals surface area contributed by atoms with E-state index in [1.54, 1.807) is 4.98 Å². The van der Waals surface area contributed by atoms with Crippen LogP contribution in [-0.4, -0.2) is 69.3 Å². The van der Waals surface area contributed by atoms with Crippen molar-refractivity contribution < 1.29 is 28.3 Å². The lowest BCUT2D eigenvalue weighted by molar-refractivity contribution is -0.138. The van der Waals surface area contributed by atoms with Crippen LogP contribution in [0.3, 0.4) is 0 Å². The molecule has 13 nitrogen and oxygen atoms in total. The predicted octanol–water partition coefficient (Wildman–Crippen LogP) is 0.228. The number of halogens is 1. The summed E-state index contributed by atoms with van der Waals surface area (Å²) in [5.41, 5.74) is -2.16. The van der Waals surface area contributed by atoms with Gasteiger partial charge in [-0.05, 0) is 13.3 Å². The fraction of sp³-hybridized carbons (Fsp3) is 0.636. The standard InChI is InChI=1S/C22H35FN6O7/c1-4-5-6-7-8-9-18(31)25-17(12-15(2)30)20(33)29(24)11-10-27(3)22(35)36-14-28-13-16(23)19(32)26-21(28)34/h13,17H,4-12,14,24H2,1-3H3,(H,25,31)(H,26,32,34)/t17-/m1/s1. The fourth-order valence-corrected chi connectivity index (χ4v) is 3.12. The fourth-order valence-electron chi connectivity index (χ4n) is 3.12. The molecular weight excluding hydrogens is 479 g/mol. The minimum Gasteiger partial charge on any atom is -0.427 e. The molecule has 1 aromatic rings. The van der Waals surface area contributed by atoms with Crippen LogP contribution in [0.2, 0.25) is 0 Å². The molecule has 1 heterocycles. The number of ether oxygens (including phenoxy) is 1. The van der Waals surface area contributed by atoms with Crippen molar-refractivity contribution in [2.24, 2.45) is 5.84 Å². The Morgan fingerprint density at radius 2 is 1.83 bits per heavy atom. The average molecular weight is 515 g/mol. The summed E-state index contributed by atoms with van der Waals surface area (Å²) in [7, 11) is 1.34. The molecule has 202 valence electrons. The monoisotopic (exact) mass is 514 g/mol. The SMILES string of the molecule is CCCCCCCC(=O)N[C@H](CC(C)=O)C(=O)N(N)CCN(C)C(=O)OCn1cc(F)c(=O)[nH]c1=O. The first-order chi connectivity index (χ1) is 17.0. The quantitative estimate of drug-likeness (QED) is 0.129. The van der Waals surface area contributed by atoms with Gasteiger partial charge in [0.25, 0.3) is 11.5 Å². The first kappa shape index (κ1) is 30.5. The Morgan fingerprint density at radius 3 is 2.47 bits per heavy atom. The van der Waals surface area contributed by atoms with E-state index >= 15 is 0 Å². The molecule has 0 saturated heterocycles. The van der Waals surface area contributed by atoms with Gasteiger partial charge in [-0.15, -0.1) is 0 Å². The van der Waals surface area contributed by atoms with E-state index in [0.717, 1.165) is 35.6 Å². The topological polar surface area (TPSA) is 177 Å². The number of hydrogen-bond acceptors (Lipinski definition) is 8. The number of amides is 3. The Bertz CT molecular complexity index is 1020. The van der Waals surface area contributed by atoms with Gasteiger partial charge in [-0.25, -0.2) is 15.4 Å². The Labute approximate surface area is 207 Å². The third-order valence-electron chi connectivity index (χ3n) is 5.20. The summed E-state index contributed by atoms with van der Waals surface area (Å²) in [5, 5.41) is 3.35. The first-order valence-electron chi connectivity index (χ1n) is 11.7. The lowest BCUT2D eigenvalue weighted by Gasteiger charge is -2.25. The zero-order chi connectivity index (χ0) is 27.3. The van der Waals surface area contributed by atoms with Crippen molar-refractivity contribution in [2.45, 2.75) is 71.6 Å². The number of hydrogen-bond donors (Lipinski definition) is 3. The molecule has 0 aliphatic carbocycles. The van der Waals surface area contributed by atoms with Gasteiger partial charge in [0.05, 0.1) is 12.7 Å². The number of H-pyrrole nitrogens is 1. The van der Waals surface area contributed by atoms with Gasteiger partial charge in [0.15, 0.2) is 6.73 Å². The predicted molar refractivity (Wildman–Crippen MR) is 127 cm³/mol. The van der Waals surface area contributed by atoms with E-state index in [0.29, 0.717) is 17.2 Å². The molecule has 1 aromatic heterocycles. The normalized spacial score (nSPS) is 11.5. The highest BCUT2D eigenvalue weighted by Crippen LogP contribution is 2.06. The van der Waals surface area contributed by atoms with Crippen LogP contribution in [0.15, 0.2) is 15.8 Å². The molecule has 14 heteroatoms. The van der Waals surface area contributed by atoms with Crippen molar-refractivity contribution in [3.05, 3.63) is 32.9 Å². The Morgan fingerprint density at radius 1 is 1.17 bits per heavy atom. The second kappa shape index (κ2) is 15.4. The average Bonchev–Trinajstić information content (AvgIpc) is 2.82. The number of nitrogens with zero attached hydrogens (tertiary/aromatic N) is 3. The summed E-state index contributed by atoms with van der Waals surface area (Å²) in [5.74, 6) is 3.24. The molecule has 3 amide bonds. The van der Waals surface area contributed by atoms with Crippen molar-refractivity contribution in [3.8, 4) is 0 Å². The lowest BCUT2D eigenvalue weighted by atomic mass is 10.1. The minimum absolute atomic E-state index is 0.0892. The molecule has 36 heavy (non-hydrogen) atoms. The molecule has 1 atom stereocenters. The van der Waals surface area contributed by atoms with Crippen LogP contribution < -0.4 is 22.4 Å². The van der Waals surface area contributed by atoms with Crippen LogP contribution in [0.5, 0.6) is 0 Å². The van der Waals surface area contributed by atoms with Gasteiger partial charge in [-0.2, -0.15) is 4.39 Å². The van der Waals surface area contributed by atoms with E-state index in [1.165, 1.54) is 14.0 Å². The molecule has 0 aliphatic rings. The number of aromatic amines is 1. The van der Waals surface area contributed by atoms with Crippen molar-refractivity contribution in [3.63, 3.8) is 0 Å². The van der Waals surface area contributed by atoms with E-state index < -0.39 is 41.8 Å². The van der Waals surface area contributed by atoms with Crippen LogP contribution >= 0.6 is 0 Å². The van der Waals surface area contributed by atoms with E-state index in [4.69, 9.17) is 10.6 Å².